The highest BCUT2D eigenvalue weighted by Gasteiger charge is 2.24. The molecule has 110 valence electrons. The van der Waals surface area contributed by atoms with Crippen LogP contribution in [0.1, 0.15) is 0 Å². The Labute approximate surface area is 152 Å². The highest BCUT2D eigenvalue weighted by Crippen LogP contribution is 2.64. The van der Waals surface area contributed by atoms with Gasteiger partial charge in [-0.3, -0.25) is 0 Å². The maximum atomic E-state index is 2.21. The molecule has 0 saturated heterocycles. The first-order valence-electron chi connectivity index (χ1n) is 6.55. The quantitative estimate of drug-likeness (QED) is 0.401. The van der Waals surface area contributed by atoms with Gasteiger partial charge in [-0.15, -0.1) is 11.3 Å². The Bertz CT molecular complexity index is 702. The molecule has 0 nitrogen and oxygen atoms in total. The van der Waals surface area contributed by atoms with E-state index in [1.54, 1.807) is 0 Å². The van der Waals surface area contributed by atoms with E-state index < -0.39 is 0 Å². The third kappa shape index (κ3) is 3.09. The fourth-order valence-electron chi connectivity index (χ4n) is 2.22. The SMILES string of the molecule is c1ccc(-c2sc(-c3ccccc3)c3c2SSSSS3)cc1. The molecule has 4 rings (SSSR count). The van der Waals surface area contributed by atoms with Crippen molar-refractivity contribution >= 4 is 62.4 Å². The molecule has 0 aliphatic carbocycles. The Kier molecular flexibility index (Phi) is 5.04. The first kappa shape index (κ1) is 15.4. The predicted molar refractivity (Wildman–Crippen MR) is 110 cm³/mol. The van der Waals surface area contributed by atoms with E-state index in [9.17, 15) is 0 Å². The fraction of sp³-hybridized carbons (Fsp3) is 0. The molecule has 2 aromatic carbocycles. The molecule has 0 radical (unpaired) electrons. The second-order valence-electron chi connectivity index (χ2n) is 4.52. The van der Waals surface area contributed by atoms with Crippen molar-refractivity contribution < 1.29 is 0 Å². The lowest BCUT2D eigenvalue weighted by Crippen LogP contribution is -1.75. The Morgan fingerprint density at radius 1 is 0.500 bits per heavy atom. The fourth-order valence-corrected chi connectivity index (χ4v) is 13.3. The van der Waals surface area contributed by atoms with Crippen molar-refractivity contribution in [3.63, 3.8) is 0 Å². The van der Waals surface area contributed by atoms with Gasteiger partial charge in [-0.1, -0.05) is 60.7 Å². The van der Waals surface area contributed by atoms with E-state index in [4.69, 9.17) is 0 Å². The van der Waals surface area contributed by atoms with E-state index in [-0.39, 0.29) is 0 Å². The van der Waals surface area contributed by atoms with Crippen LogP contribution in [0.4, 0.5) is 0 Å². The van der Waals surface area contributed by atoms with E-state index in [0.29, 0.717) is 0 Å². The van der Waals surface area contributed by atoms with Gasteiger partial charge in [0.25, 0.3) is 0 Å². The molecule has 1 aliphatic rings. The molecule has 0 atom stereocenters. The van der Waals surface area contributed by atoms with Crippen molar-refractivity contribution in [1.82, 2.24) is 0 Å². The molecule has 1 aliphatic heterocycles. The van der Waals surface area contributed by atoms with E-state index >= 15 is 0 Å². The number of benzene rings is 2. The Morgan fingerprint density at radius 2 is 0.955 bits per heavy atom. The first-order valence-corrected chi connectivity index (χ1v) is 13.5. The standard InChI is InChI=1S/C16H10S6/c1-3-7-11(8-4-1)13-15-16(19-21-22-20-18-15)14(17-13)12-9-5-2-6-10-12/h1-10H. The molecule has 0 saturated carbocycles. The lowest BCUT2D eigenvalue weighted by atomic mass is 10.1. The summed E-state index contributed by atoms with van der Waals surface area (Å²) >= 11 is 1.91. The van der Waals surface area contributed by atoms with Gasteiger partial charge in [-0.2, -0.15) is 0 Å². The Balaban J connectivity index is 1.91. The summed E-state index contributed by atoms with van der Waals surface area (Å²) in [5.74, 6) is 0. The number of thiophene rings is 1. The van der Waals surface area contributed by atoms with Gasteiger partial charge in [0.2, 0.25) is 0 Å². The van der Waals surface area contributed by atoms with E-state index in [0.717, 1.165) is 0 Å². The molecular weight excluding hydrogens is 385 g/mol. The summed E-state index contributed by atoms with van der Waals surface area (Å²) in [4.78, 5) is 5.62. The van der Waals surface area contributed by atoms with Crippen molar-refractivity contribution in [2.24, 2.45) is 0 Å². The van der Waals surface area contributed by atoms with E-state index in [2.05, 4.69) is 60.7 Å². The molecule has 0 fully saturated rings. The van der Waals surface area contributed by atoms with Crippen LogP contribution in [0.25, 0.3) is 20.9 Å². The van der Waals surface area contributed by atoms with Gasteiger partial charge in [0.15, 0.2) is 0 Å². The second kappa shape index (κ2) is 7.20. The van der Waals surface area contributed by atoms with Crippen LogP contribution in [0, 0.1) is 0 Å². The maximum absolute atomic E-state index is 2.21. The zero-order chi connectivity index (χ0) is 14.8. The summed E-state index contributed by atoms with van der Waals surface area (Å²) in [6, 6.07) is 21.5. The van der Waals surface area contributed by atoms with Gasteiger partial charge in [0.1, 0.15) is 0 Å². The zero-order valence-electron chi connectivity index (χ0n) is 11.2. The van der Waals surface area contributed by atoms with Crippen LogP contribution in [0.15, 0.2) is 70.5 Å². The van der Waals surface area contributed by atoms with Crippen molar-refractivity contribution in [3.05, 3.63) is 60.7 Å². The van der Waals surface area contributed by atoms with Crippen LogP contribution in [-0.2, 0) is 0 Å². The lowest BCUT2D eigenvalue weighted by Gasteiger charge is -2.02. The summed E-state index contributed by atoms with van der Waals surface area (Å²) in [5.41, 5.74) is 2.63. The van der Waals surface area contributed by atoms with Gasteiger partial charge in [0, 0.05) is 0 Å². The lowest BCUT2D eigenvalue weighted by molar-refractivity contribution is 1.35. The second-order valence-corrected chi connectivity index (χ2v) is 13.0. The predicted octanol–water partition coefficient (Wildman–Crippen LogP) is 8.14. The smallest absolute Gasteiger partial charge is 0.0529 e. The number of hydrogen-bond donors (Lipinski definition) is 0. The number of rotatable bonds is 2. The minimum atomic E-state index is 1.32. The van der Waals surface area contributed by atoms with Gasteiger partial charge in [-0.25, -0.2) is 0 Å². The molecule has 6 heteroatoms. The third-order valence-corrected chi connectivity index (χ3v) is 13.2. The summed E-state index contributed by atoms with van der Waals surface area (Å²) in [5, 5.41) is 0. The van der Waals surface area contributed by atoms with Crippen LogP contribution in [-0.4, -0.2) is 0 Å². The minimum absolute atomic E-state index is 1.32. The molecule has 2 heterocycles. The van der Waals surface area contributed by atoms with E-state index in [1.165, 1.54) is 30.7 Å². The summed E-state index contributed by atoms with van der Waals surface area (Å²) < 4.78 is 0. The molecule has 0 unspecified atom stereocenters. The number of hydrogen-bond acceptors (Lipinski definition) is 6. The van der Waals surface area contributed by atoms with Crippen molar-refractivity contribution in [1.29, 1.82) is 0 Å². The molecule has 0 bridgehead atoms. The largest absolute Gasteiger partial charge is 0.133 e. The normalized spacial score (nSPS) is 14.4. The van der Waals surface area contributed by atoms with Crippen molar-refractivity contribution in [3.8, 4) is 20.9 Å². The summed E-state index contributed by atoms with van der Waals surface area (Å²) in [6.45, 7) is 0. The maximum Gasteiger partial charge on any atom is 0.0529 e. The topological polar surface area (TPSA) is 0 Å². The summed E-state index contributed by atoms with van der Waals surface area (Å²) in [7, 11) is 9.35. The molecular formula is C16H10S6. The molecule has 0 N–H and O–H groups in total. The minimum Gasteiger partial charge on any atom is -0.133 e. The van der Waals surface area contributed by atoms with E-state index in [1.807, 2.05) is 62.4 Å². The van der Waals surface area contributed by atoms with Crippen LogP contribution in [0.5, 0.6) is 0 Å². The van der Waals surface area contributed by atoms with Crippen molar-refractivity contribution in [2.75, 3.05) is 0 Å². The van der Waals surface area contributed by atoms with Crippen LogP contribution in [0.3, 0.4) is 0 Å². The Morgan fingerprint density at radius 3 is 1.41 bits per heavy atom. The molecule has 0 amide bonds. The Hall–Kier alpha value is -0.110. The van der Waals surface area contributed by atoms with Crippen LogP contribution >= 0.6 is 62.4 Å². The highest BCUT2D eigenvalue weighted by molar-refractivity contribution is 9.36. The zero-order valence-corrected chi connectivity index (χ0v) is 16.1. The molecule has 1 aromatic heterocycles. The van der Waals surface area contributed by atoms with Crippen molar-refractivity contribution in [2.45, 2.75) is 9.79 Å². The molecule has 3 aromatic rings. The monoisotopic (exact) mass is 394 g/mol. The average molecular weight is 395 g/mol. The van der Waals surface area contributed by atoms with Gasteiger partial charge in [-0.05, 0) is 62.2 Å². The molecule has 22 heavy (non-hydrogen) atoms. The van der Waals surface area contributed by atoms with Crippen LogP contribution in [0.2, 0.25) is 0 Å². The number of fused-ring (bicyclic) bond motifs is 1. The average Bonchev–Trinajstić information content (AvgIpc) is 2.78. The third-order valence-electron chi connectivity index (χ3n) is 3.19. The summed E-state index contributed by atoms with van der Waals surface area (Å²) in [6.07, 6.45) is 0. The molecule has 0 spiro atoms. The van der Waals surface area contributed by atoms with Gasteiger partial charge < -0.3 is 0 Å². The van der Waals surface area contributed by atoms with Gasteiger partial charge in [0.05, 0.1) is 19.5 Å². The highest BCUT2D eigenvalue weighted by atomic mass is 33.8. The van der Waals surface area contributed by atoms with Crippen LogP contribution < -0.4 is 0 Å². The first-order chi connectivity index (χ1) is 10.9. The van der Waals surface area contributed by atoms with Gasteiger partial charge >= 0.3 is 0 Å².